The van der Waals surface area contributed by atoms with Gasteiger partial charge >= 0.3 is 0 Å². The van der Waals surface area contributed by atoms with Crippen LogP contribution in [-0.4, -0.2) is 32.6 Å². The van der Waals surface area contributed by atoms with E-state index in [4.69, 9.17) is 19.9 Å². The van der Waals surface area contributed by atoms with Crippen molar-refractivity contribution in [1.82, 2.24) is 0 Å². The molecule has 154 valence electrons. The zero-order valence-corrected chi connectivity index (χ0v) is 17.0. The number of carbonyl (C=O) groups is 2. The third-order valence-electron chi connectivity index (χ3n) is 3.93. The van der Waals surface area contributed by atoms with E-state index >= 15 is 0 Å². The summed E-state index contributed by atoms with van der Waals surface area (Å²) in [6.45, 7) is 4.72. The van der Waals surface area contributed by atoms with E-state index in [1.807, 2.05) is 6.07 Å². The van der Waals surface area contributed by atoms with Crippen LogP contribution in [0.15, 0.2) is 42.5 Å². The fourth-order valence-corrected chi connectivity index (χ4v) is 2.47. The molecule has 2 rings (SSSR count). The number of nitrogens with two attached hydrogens (primary N) is 1. The first kappa shape index (κ1) is 21.8. The summed E-state index contributed by atoms with van der Waals surface area (Å²) < 4.78 is 16.3. The molecule has 7 nitrogen and oxygen atoms in total. The Morgan fingerprint density at radius 1 is 1.03 bits per heavy atom. The van der Waals surface area contributed by atoms with Crippen molar-refractivity contribution in [3.63, 3.8) is 0 Å². The second-order valence-corrected chi connectivity index (χ2v) is 6.72. The molecule has 0 atom stereocenters. The summed E-state index contributed by atoms with van der Waals surface area (Å²) in [5, 5.41) is 2.69. The van der Waals surface area contributed by atoms with Crippen molar-refractivity contribution in [2.75, 3.05) is 26.1 Å². The number of anilines is 1. The second-order valence-electron chi connectivity index (χ2n) is 6.72. The van der Waals surface area contributed by atoms with E-state index in [2.05, 4.69) is 19.2 Å². The summed E-state index contributed by atoms with van der Waals surface area (Å²) >= 11 is 0. The minimum atomic E-state index is -0.592. The van der Waals surface area contributed by atoms with E-state index in [-0.39, 0.29) is 11.5 Å². The number of carbonyl (C=O) groups excluding carboxylic acids is 2. The largest absolute Gasteiger partial charge is 0.495 e. The molecule has 0 unspecified atom stereocenters. The van der Waals surface area contributed by atoms with Crippen LogP contribution in [0.1, 0.15) is 29.8 Å². The molecule has 0 aliphatic heterocycles. The number of primary amides is 1. The maximum atomic E-state index is 12.3. The van der Waals surface area contributed by atoms with Crippen LogP contribution in [-0.2, 0) is 4.79 Å². The Labute approximate surface area is 170 Å². The Morgan fingerprint density at radius 2 is 1.72 bits per heavy atom. The van der Waals surface area contributed by atoms with Crippen LogP contribution in [0.3, 0.4) is 0 Å². The minimum absolute atomic E-state index is 0.270. The van der Waals surface area contributed by atoms with Crippen molar-refractivity contribution in [1.29, 1.82) is 0 Å². The van der Waals surface area contributed by atoms with Gasteiger partial charge in [0.1, 0.15) is 5.75 Å². The lowest BCUT2D eigenvalue weighted by molar-refractivity contribution is -0.111. The smallest absolute Gasteiger partial charge is 0.248 e. The van der Waals surface area contributed by atoms with Gasteiger partial charge in [0.2, 0.25) is 11.8 Å². The second kappa shape index (κ2) is 10.2. The molecular weight excluding hydrogens is 372 g/mol. The van der Waals surface area contributed by atoms with E-state index in [1.54, 1.807) is 31.4 Å². The molecule has 0 spiro atoms. The summed E-state index contributed by atoms with van der Waals surface area (Å²) in [4.78, 5) is 23.7. The highest BCUT2D eigenvalue weighted by atomic mass is 16.5. The topological polar surface area (TPSA) is 99.9 Å². The fraction of sp³-hybridized carbons (Fsp3) is 0.273. The van der Waals surface area contributed by atoms with E-state index in [0.717, 1.165) is 5.56 Å². The zero-order chi connectivity index (χ0) is 21.4. The average Bonchev–Trinajstić information content (AvgIpc) is 2.70. The van der Waals surface area contributed by atoms with Gasteiger partial charge in [-0.05, 0) is 47.9 Å². The predicted octanol–water partition coefficient (Wildman–Crippen LogP) is 3.49. The molecule has 2 aromatic rings. The molecule has 0 heterocycles. The van der Waals surface area contributed by atoms with Gasteiger partial charge in [0.05, 0.1) is 26.5 Å². The Hall–Kier alpha value is -3.48. The van der Waals surface area contributed by atoms with Gasteiger partial charge in [0.15, 0.2) is 11.5 Å². The molecule has 0 fully saturated rings. The van der Waals surface area contributed by atoms with Crippen LogP contribution >= 0.6 is 0 Å². The van der Waals surface area contributed by atoms with Gasteiger partial charge in [0.25, 0.3) is 0 Å². The van der Waals surface area contributed by atoms with Gasteiger partial charge in [-0.15, -0.1) is 0 Å². The summed E-state index contributed by atoms with van der Waals surface area (Å²) in [7, 11) is 3.04. The highest BCUT2D eigenvalue weighted by molar-refractivity contribution is 6.04. The molecule has 0 aliphatic carbocycles. The Balaban J connectivity index is 2.13. The maximum absolute atomic E-state index is 12.3. The molecule has 2 aromatic carbocycles. The first-order chi connectivity index (χ1) is 13.8. The van der Waals surface area contributed by atoms with Gasteiger partial charge in [-0.2, -0.15) is 0 Å². The van der Waals surface area contributed by atoms with E-state index in [0.29, 0.717) is 35.5 Å². The predicted molar refractivity (Wildman–Crippen MR) is 113 cm³/mol. The van der Waals surface area contributed by atoms with Crippen LogP contribution in [0, 0.1) is 5.92 Å². The molecule has 0 saturated carbocycles. The Bertz CT molecular complexity index is 906. The lowest BCUT2D eigenvalue weighted by Gasteiger charge is -2.13. The number of amides is 2. The molecule has 2 amide bonds. The molecule has 0 saturated heterocycles. The Kier molecular flexibility index (Phi) is 7.65. The van der Waals surface area contributed by atoms with Crippen molar-refractivity contribution in [3.05, 3.63) is 53.6 Å². The third kappa shape index (κ3) is 6.27. The molecule has 3 N–H and O–H groups in total. The number of hydrogen-bond donors (Lipinski definition) is 2. The minimum Gasteiger partial charge on any atom is -0.495 e. The number of nitrogens with one attached hydrogen (secondary N) is 1. The molecule has 0 bridgehead atoms. The first-order valence-electron chi connectivity index (χ1n) is 9.11. The third-order valence-corrected chi connectivity index (χ3v) is 3.93. The van der Waals surface area contributed by atoms with Gasteiger partial charge in [-0.3, -0.25) is 9.59 Å². The molecular formula is C22H26N2O5. The maximum Gasteiger partial charge on any atom is 0.248 e. The number of rotatable bonds is 9. The summed E-state index contributed by atoms with van der Waals surface area (Å²) in [5.41, 5.74) is 6.68. The van der Waals surface area contributed by atoms with Crippen molar-refractivity contribution in [3.8, 4) is 17.2 Å². The van der Waals surface area contributed by atoms with Crippen molar-refractivity contribution in [2.45, 2.75) is 13.8 Å². The summed E-state index contributed by atoms with van der Waals surface area (Å²) in [5.74, 6) is 1.08. The fourth-order valence-electron chi connectivity index (χ4n) is 2.47. The van der Waals surface area contributed by atoms with Crippen LogP contribution in [0.2, 0.25) is 0 Å². The highest BCUT2D eigenvalue weighted by Gasteiger charge is 2.10. The number of benzene rings is 2. The SMILES string of the molecule is COc1ccc(C(N)=O)cc1NC(=O)/C=C/c1ccc(OCC(C)C)c(OC)c1. The number of ether oxygens (including phenoxy) is 3. The molecule has 0 aliphatic rings. The normalized spacial score (nSPS) is 10.8. The standard InChI is InChI=1S/C22H26N2O5/c1-14(2)13-29-19-8-5-15(11-20(19)28-4)6-10-21(25)24-17-12-16(22(23)26)7-9-18(17)27-3/h5-12,14H,13H2,1-4H3,(H2,23,26)(H,24,25)/b10-6+. The lowest BCUT2D eigenvalue weighted by Crippen LogP contribution is -2.13. The molecule has 7 heteroatoms. The molecule has 29 heavy (non-hydrogen) atoms. The number of methoxy groups -OCH3 is 2. The van der Waals surface area contributed by atoms with Gasteiger partial charge in [-0.25, -0.2) is 0 Å². The van der Waals surface area contributed by atoms with E-state index in [9.17, 15) is 9.59 Å². The lowest BCUT2D eigenvalue weighted by atomic mass is 10.1. The van der Waals surface area contributed by atoms with Crippen molar-refractivity contribution >= 4 is 23.6 Å². The van der Waals surface area contributed by atoms with Gasteiger partial charge in [-0.1, -0.05) is 19.9 Å². The van der Waals surface area contributed by atoms with Crippen LogP contribution < -0.4 is 25.3 Å². The monoisotopic (exact) mass is 398 g/mol. The zero-order valence-electron chi connectivity index (χ0n) is 17.0. The Morgan fingerprint density at radius 3 is 2.34 bits per heavy atom. The van der Waals surface area contributed by atoms with Crippen LogP contribution in [0.5, 0.6) is 17.2 Å². The van der Waals surface area contributed by atoms with Gasteiger partial charge in [0, 0.05) is 11.6 Å². The number of hydrogen-bond acceptors (Lipinski definition) is 5. The quantitative estimate of drug-likeness (QED) is 0.630. The average molecular weight is 398 g/mol. The van der Waals surface area contributed by atoms with Crippen LogP contribution in [0.25, 0.3) is 6.08 Å². The first-order valence-corrected chi connectivity index (χ1v) is 9.11. The van der Waals surface area contributed by atoms with E-state index in [1.165, 1.54) is 25.3 Å². The van der Waals surface area contributed by atoms with Crippen molar-refractivity contribution < 1.29 is 23.8 Å². The highest BCUT2D eigenvalue weighted by Crippen LogP contribution is 2.29. The van der Waals surface area contributed by atoms with Gasteiger partial charge < -0.3 is 25.3 Å². The summed E-state index contributed by atoms with van der Waals surface area (Å²) in [6.07, 6.45) is 3.02. The molecule has 0 aromatic heterocycles. The van der Waals surface area contributed by atoms with E-state index < -0.39 is 5.91 Å². The van der Waals surface area contributed by atoms with Crippen molar-refractivity contribution in [2.24, 2.45) is 11.7 Å². The van der Waals surface area contributed by atoms with Crippen LogP contribution in [0.4, 0.5) is 5.69 Å². The molecule has 0 radical (unpaired) electrons. The summed E-state index contributed by atoms with van der Waals surface area (Å²) in [6, 6.07) is 9.99.